The number of hydroxylamine groups is 3. The van der Waals surface area contributed by atoms with Gasteiger partial charge in [-0.15, -0.1) is 0 Å². The molecule has 16 heteroatoms. The van der Waals surface area contributed by atoms with Gasteiger partial charge < -0.3 is 0 Å². The zero-order chi connectivity index (χ0) is 30.5. The summed E-state index contributed by atoms with van der Waals surface area (Å²) in [6.07, 6.45) is -4.25. The van der Waals surface area contributed by atoms with E-state index < -0.39 is 73.2 Å². The highest BCUT2D eigenvalue weighted by atomic mass is 32.2. The minimum absolute atomic E-state index is 0.200. The molecule has 2 aromatic carbocycles. The molecule has 0 N–H and O–H groups in total. The third-order valence-corrected chi connectivity index (χ3v) is 7.90. The Balaban J connectivity index is 1.88. The van der Waals surface area contributed by atoms with Crippen molar-refractivity contribution in [3.63, 3.8) is 0 Å². The maximum atomic E-state index is 13.9. The number of para-hydroxylation sites is 1. The summed E-state index contributed by atoms with van der Waals surface area (Å²) in [6, 6.07) is 7.02. The highest BCUT2D eigenvalue weighted by Crippen LogP contribution is 2.40. The second-order valence-corrected chi connectivity index (χ2v) is 11.3. The van der Waals surface area contributed by atoms with Crippen molar-refractivity contribution in [1.29, 1.82) is 0 Å². The van der Waals surface area contributed by atoms with Gasteiger partial charge in [0.25, 0.3) is 9.84 Å². The monoisotopic (exact) mass is 604 g/mol. The zero-order valence-electron chi connectivity index (χ0n) is 21.1. The first-order chi connectivity index (χ1) is 18.9. The predicted octanol–water partition coefficient (Wildman–Crippen LogP) is 5.06. The molecule has 3 aromatic rings. The molecule has 0 bridgehead atoms. The Hall–Kier alpha value is -4.05. The van der Waals surface area contributed by atoms with Gasteiger partial charge in [0.15, 0.2) is 6.54 Å². The molecule has 4 rings (SSSR count). The van der Waals surface area contributed by atoms with Crippen LogP contribution in [0.5, 0.6) is 0 Å². The van der Waals surface area contributed by atoms with E-state index in [1.807, 2.05) is 0 Å². The van der Waals surface area contributed by atoms with Gasteiger partial charge in [0.05, 0.1) is 16.1 Å². The first-order valence-electron chi connectivity index (χ1n) is 11.7. The molecule has 41 heavy (non-hydrogen) atoms. The summed E-state index contributed by atoms with van der Waals surface area (Å²) < 4.78 is 101. The number of carbonyl (C=O) groups is 3. The van der Waals surface area contributed by atoms with E-state index in [2.05, 4.69) is 4.98 Å². The van der Waals surface area contributed by atoms with Gasteiger partial charge in [-0.1, -0.05) is 32.0 Å². The van der Waals surface area contributed by atoms with Crippen molar-refractivity contribution in [3.8, 4) is 0 Å². The summed E-state index contributed by atoms with van der Waals surface area (Å²) in [4.78, 5) is 47.8. The van der Waals surface area contributed by atoms with Crippen molar-refractivity contribution in [2.45, 2.75) is 43.0 Å². The molecule has 0 aliphatic carbocycles. The number of hydrogen-bond donors (Lipinski definition) is 0. The summed E-state index contributed by atoms with van der Waals surface area (Å²) in [6.45, 7) is 2.06. The number of benzene rings is 2. The molecule has 1 aliphatic rings. The number of anilines is 1. The van der Waals surface area contributed by atoms with Crippen LogP contribution in [0.4, 0.5) is 36.8 Å². The number of quaternary nitrogens is 1. The van der Waals surface area contributed by atoms with Crippen LogP contribution in [-0.4, -0.2) is 53.7 Å². The Labute approximate surface area is 228 Å². The Morgan fingerprint density at radius 3 is 2.17 bits per heavy atom. The summed E-state index contributed by atoms with van der Waals surface area (Å²) >= 11 is 0. The van der Waals surface area contributed by atoms with Gasteiger partial charge in [0, 0.05) is 23.1 Å². The van der Waals surface area contributed by atoms with Gasteiger partial charge in [0.1, 0.15) is 0 Å². The van der Waals surface area contributed by atoms with Crippen LogP contribution in [0.2, 0.25) is 0 Å². The van der Waals surface area contributed by atoms with E-state index in [1.54, 1.807) is 24.3 Å². The van der Waals surface area contributed by atoms with Crippen molar-refractivity contribution in [2.24, 2.45) is 5.92 Å². The number of imide groups is 1. The van der Waals surface area contributed by atoms with Crippen LogP contribution in [0.15, 0.2) is 65.7 Å². The number of halogens is 6. The average Bonchev–Trinajstić information content (AvgIpc) is 3.08. The number of alkyl halides is 6. The van der Waals surface area contributed by atoms with Gasteiger partial charge in [-0.2, -0.15) is 31.2 Å². The number of sulfone groups is 1. The number of aromatic nitrogens is 1. The summed E-state index contributed by atoms with van der Waals surface area (Å²) in [7, 11) is -5.78. The predicted molar refractivity (Wildman–Crippen MR) is 129 cm³/mol. The van der Waals surface area contributed by atoms with Crippen LogP contribution in [0, 0.1) is 5.92 Å². The van der Waals surface area contributed by atoms with Crippen molar-refractivity contribution >= 4 is 44.3 Å². The van der Waals surface area contributed by atoms with Crippen LogP contribution < -0.4 is 4.90 Å². The highest BCUT2D eigenvalue weighted by Gasteiger charge is 2.67. The number of hydrogen-bond acceptors (Lipinski definition) is 7. The van der Waals surface area contributed by atoms with E-state index >= 15 is 0 Å². The first-order valence-corrected chi connectivity index (χ1v) is 13.2. The molecule has 2 atom stereocenters. The third kappa shape index (κ3) is 5.12. The lowest BCUT2D eigenvalue weighted by atomic mass is 10.0. The lowest BCUT2D eigenvalue weighted by Crippen LogP contribution is -2.59. The van der Waals surface area contributed by atoms with E-state index in [9.17, 15) is 49.1 Å². The molecule has 0 saturated carbocycles. The Kier molecular flexibility index (Phi) is 7.37. The van der Waals surface area contributed by atoms with Gasteiger partial charge in [-0.3, -0.25) is 14.6 Å². The topological polar surface area (TPSA) is 111 Å². The van der Waals surface area contributed by atoms with E-state index in [-0.39, 0.29) is 5.56 Å². The number of carbonyl (C=O) groups excluding carboxylic acids is 3. The van der Waals surface area contributed by atoms with Gasteiger partial charge in [-0.25, -0.2) is 18.0 Å². The molecule has 9 nitrogen and oxygen atoms in total. The number of urea groups is 1. The molecule has 0 spiro atoms. The normalized spacial score (nSPS) is 20.2. The van der Waals surface area contributed by atoms with E-state index in [0.29, 0.717) is 27.9 Å². The van der Waals surface area contributed by atoms with Crippen LogP contribution >= 0.6 is 0 Å². The van der Waals surface area contributed by atoms with Crippen LogP contribution in [0.1, 0.15) is 19.4 Å². The fraction of sp³-hybridized carbons (Fsp3) is 0.280. The second-order valence-electron chi connectivity index (χ2n) is 9.41. The minimum Gasteiger partial charge on any atom is -0.267 e. The molecule has 2 heterocycles. The molecule has 3 amide bonds. The molecule has 1 saturated heterocycles. The molecule has 0 radical (unpaired) electrons. The molecular weight excluding hydrogens is 584 g/mol. The van der Waals surface area contributed by atoms with Crippen molar-refractivity contribution < 1.29 is 58.6 Å². The average molecular weight is 605 g/mol. The SMILES string of the molecule is CC(C)[C@@H]1C(=O)N(c2ccc(S(=O)(=O)C(F)(F)F)cc2)C(=O)[N+]1(Cc1ccnc2ccccc12)OC(=O)C(F)(F)F. The standard InChI is InChI=1S/C25H20F6N3O6S/c1-14(2)20-21(35)33(16-7-9-17(10-8-16)41(38,39)25(29,30)31)23(37)34(20,40-22(36)24(26,27)28)13-15-11-12-32-19-6-4-3-5-18(15)19/h3-12,14,20H,13H2,1-2H3/q+1/t20-,34?/m1/s1. The highest BCUT2D eigenvalue weighted by molar-refractivity contribution is 7.92. The van der Waals surface area contributed by atoms with Crippen LogP contribution in [0.3, 0.4) is 0 Å². The number of fused-ring (bicyclic) bond motifs is 1. The maximum absolute atomic E-state index is 13.9. The minimum atomic E-state index is -5.78. The van der Waals surface area contributed by atoms with Crippen molar-refractivity contribution in [2.75, 3.05) is 4.90 Å². The Bertz CT molecular complexity index is 1630. The number of nitrogens with zero attached hydrogens (tertiary/aromatic N) is 3. The quantitative estimate of drug-likeness (QED) is 0.220. The molecule has 1 aliphatic heterocycles. The van der Waals surface area contributed by atoms with E-state index in [0.717, 1.165) is 12.1 Å². The molecule has 218 valence electrons. The smallest absolute Gasteiger partial charge is 0.267 e. The number of amides is 3. The Morgan fingerprint density at radius 2 is 1.61 bits per heavy atom. The molecule has 1 unspecified atom stereocenters. The fourth-order valence-electron chi connectivity index (χ4n) is 4.65. The van der Waals surface area contributed by atoms with Gasteiger partial charge in [-0.05, 0) is 41.0 Å². The summed E-state index contributed by atoms with van der Waals surface area (Å²) in [5.74, 6) is -4.78. The lowest BCUT2D eigenvalue weighted by Gasteiger charge is -2.33. The third-order valence-electron chi connectivity index (χ3n) is 6.40. The largest absolute Gasteiger partial charge is 0.501 e. The maximum Gasteiger partial charge on any atom is 0.501 e. The number of pyridine rings is 1. The molecule has 1 aromatic heterocycles. The molecular formula is C25H20F6N3O6S+. The fourth-order valence-corrected chi connectivity index (χ4v) is 5.41. The zero-order valence-corrected chi connectivity index (χ0v) is 21.9. The van der Waals surface area contributed by atoms with E-state index in [4.69, 9.17) is 4.84 Å². The van der Waals surface area contributed by atoms with Gasteiger partial charge in [0.2, 0.25) is 6.04 Å². The molecule has 1 fully saturated rings. The second kappa shape index (κ2) is 10.1. The summed E-state index contributed by atoms with van der Waals surface area (Å²) in [5.41, 5.74) is -5.50. The summed E-state index contributed by atoms with van der Waals surface area (Å²) in [5, 5.41) is 0.387. The Morgan fingerprint density at radius 1 is 1.00 bits per heavy atom. The van der Waals surface area contributed by atoms with Crippen molar-refractivity contribution in [1.82, 2.24) is 4.98 Å². The van der Waals surface area contributed by atoms with E-state index in [1.165, 1.54) is 26.1 Å². The first kappa shape index (κ1) is 29.9. The van der Waals surface area contributed by atoms with Crippen LogP contribution in [-0.2, 0) is 30.8 Å². The lowest BCUT2D eigenvalue weighted by molar-refractivity contribution is -1.04. The van der Waals surface area contributed by atoms with Crippen molar-refractivity contribution in [3.05, 3.63) is 66.4 Å². The van der Waals surface area contributed by atoms with Crippen LogP contribution in [0.25, 0.3) is 10.9 Å². The number of rotatable bonds is 6. The van der Waals surface area contributed by atoms with Gasteiger partial charge >= 0.3 is 29.6 Å².